The Morgan fingerprint density at radius 2 is 2.00 bits per heavy atom. The molecule has 0 saturated carbocycles. The van der Waals surface area contributed by atoms with E-state index in [9.17, 15) is 0 Å². The third-order valence-corrected chi connectivity index (χ3v) is 3.36. The zero-order valence-electron chi connectivity index (χ0n) is 9.54. The Balaban J connectivity index is 1.84. The molecule has 0 spiro atoms. The summed E-state index contributed by atoms with van der Waals surface area (Å²) in [5, 5.41) is 3.35. The Kier molecular flexibility index (Phi) is 2.60. The Morgan fingerprint density at radius 1 is 1.12 bits per heavy atom. The van der Waals surface area contributed by atoms with Crippen LogP contribution >= 0.6 is 0 Å². The van der Waals surface area contributed by atoms with Gasteiger partial charge in [-0.25, -0.2) is 0 Å². The molecule has 1 aromatic carbocycles. The minimum Gasteiger partial charge on any atom is -0.490 e. The summed E-state index contributed by atoms with van der Waals surface area (Å²) in [7, 11) is 0. The van der Waals surface area contributed by atoms with Gasteiger partial charge in [0.15, 0.2) is 0 Å². The number of fused-ring (bicyclic) bond motifs is 1. The molecule has 2 heterocycles. The fourth-order valence-corrected chi connectivity index (χ4v) is 2.47. The molecule has 16 heavy (non-hydrogen) atoms. The van der Waals surface area contributed by atoms with Crippen molar-refractivity contribution in [1.29, 1.82) is 0 Å². The SMILES string of the molecule is c1cc2c(cc1N1CCCCC1)OCCN2. The molecule has 0 amide bonds. The first-order chi connectivity index (χ1) is 7.93. The summed E-state index contributed by atoms with van der Waals surface area (Å²) in [6, 6.07) is 6.51. The van der Waals surface area contributed by atoms with Crippen LogP contribution in [0.1, 0.15) is 19.3 Å². The number of anilines is 2. The van der Waals surface area contributed by atoms with Crippen LogP contribution in [-0.4, -0.2) is 26.2 Å². The lowest BCUT2D eigenvalue weighted by Gasteiger charge is -2.30. The molecule has 1 N–H and O–H groups in total. The predicted octanol–water partition coefficient (Wildman–Crippen LogP) is 2.48. The van der Waals surface area contributed by atoms with E-state index in [4.69, 9.17) is 4.74 Å². The molecule has 2 aliphatic rings. The van der Waals surface area contributed by atoms with Gasteiger partial charge in [-0.3, -0.25) is 0 Å². The summed E-state index contributed by atoms with van der Waals surface area (Å²) in [4.78, 5) is 2.46. The normalized spacial score (nSPS) is 19.6. The maximum atomic E-state index is 5.67. The van der Waals surface area contributed by atoms with E-state index in [2.05, 4.69) is 28.4 Å². The molecular formula is C13H18N2O. The molecule has 0 aromatic heterocycles. The van der Waals surface area contributed by atoms with Crippen LogP contribution in [0, 0.1) is 0 Å². The number of nitrogens with one attached hydrogen (secondary N) is 1. The predicted molar refractivity (Wildman–Crippen MR) is 66.5 cm³/mol. The number of rotatable bonds is 1. The molecule has 1 fully saturated rings. The fourth-order valence-electron chi connectivity index (χ4n) is 2.47. The van der Waals surface area contributed by atoms with Crippen molar-refractivity contribution < 1.29 is 4.74 Å². The van der Waals surface area contributed by atoms with E-state index in [1.807, 2.05) is 0 Å². The van der Waals surface area contributed by atoms with Crippen molar-refractivity contribution in [3.8, 4) is 5.75 Å². The van der Waals surface area contributed by atoms with Gasteiger partial charge >= 0.3 is 0 Å². The minimum atomic E-state index is 0.774. The number of hydrogen-bond acceptors (Lipinski definition) is 3. The number of hydrogen-bond donors (Lipinski definition) is 1. The fraction of sp³-hybridized carbons (Fsp3) is 0.538. The average Bonchev–Trinajstić information content (AvgIpc) is 2.39. The van der Waals surface area contributed by atoms with Crippen molar-refractivity contribution in [2.45, 2.75) is 19.3 Å². The molecule has 0 radical (unpaired) electrons. The van der Waals surface area contributed by atoms with Crippen LogP contribution in [0.15, 0.2) is 18.2 Å². The van der Waals surface area contributed by atoms with Crippen LogP contribution in [0.5, 0.6) is 5.75 Å². The van der Waals surface area contributed by atoms with Gasteiger partial charge in [-0.1, -0.05) is 0 Å². The van der Waals surface area contributed by atoms with E-state index in [-0.39, 0.29) is 0 Å². The van der Waals surface area contributed by atoms with Crippen LogP contribution in [0.25, 0.3) is 0 Å². The molecule has 3 rings (SSSR count). The Morgan fingerprint density at radius 3 is 2.88 bits per heavy atom. The molecule has 86 valence electrons. The van der Waals surface area contributed by atoms with Crippen molar-refractivity contribution in [2.24, 2.45) is 0 Å². The second-order valence-electron chi connectivity index (χ2n) is 4.50. The molecule has 3 heteroatoms. The Bertz CT molecular complexity index is 372. The molecule has 1 aromatic rings. The van der Waals surface area contributed by atoms with Crippen LogP contribution in [0.4, 0.5) is 11.4 Å². The summed E-state index contributed by atoms with van der Waals surface area (Å²) >= 11 is 0. The lowest BCUT2D eigenvalue weighted by atomic mass is 10.1. The van der Waals surface area contributed by atoms with E-state index in [1.54, 1.807) is 0 Å². The first-order valence-electron chi connectivity index (χ1n) is 6.19. The molecule has 0 aliphatic carbocycles. The number of piperidine rings is 1. The van der Waals surface area contributed by atoms with Gasteiger partial charge < -0.3 is 15.0 Å². The summed E-state index contributed by atoms with van der Waals surface area (Å²) in [6.07, 6.45) is 4.01. The van der Waals surface area contributed by atoms with Crippen LogP contribution in [0.2, 0.25) is 0 Å². The Labute approximate surface area is 96.4 Å². The van der Waals surface area contributed by atoms with E-state index in [1.165, 1.54) is 38.0 Å². The van der Waals surface area contributed by atoms with E-state index >= 15 is 0 Å². The van der Waals surface area contributed by atoms with Gasteiger partial charge in [-0.2, -0.15) is 0 Å². The van der Waals surface area contributed by atoms with E-state index in [0.29, 0.717) is 0 Å². The second-order valence-corrected chi connectivity index (χ2v) is 4.50. The second kappa shape index (κ2) is 4.24. The highest BCUT2D eigenvalue weighted by Crippen LogP contribution is 2.32. The highest BCUT2D eigenvalue weighted by Gasteiger charge is 2.14. The lowest BCUT2D eigenvalue weighted by Crippen LogP contribution is -2.29. The monoisotopic (exact) mass is 218 g/mol. The van der Waals surface area contributed by atoms with Crippen molar-refractivity contribution in [3.05, 3.63) is 18.2 Å². The number of ether oxygens (including phenoxy) is 1. The zero-order chi connectivity index (χ0) is 10.8. The number of benzene rings is 1. The van der Waals surface area contributed by atoms with Gasteiger partial charge in [0.05, 0.1) is 5.69 Å². The summed E-state index contributed by atoms with van der Waals surface area (Å²) in [5.41, 5.74) is 2.44. The lowest BCUT2D eigenvalue weighted by molar-refractivity contribution is 0.323. The molecule has 0 atom stereocenters. The van der Waals surface area contributed by atoms with Gasteiger partial charge in [-0.15, -0.1) is 0 Å². The topological polar surface area (TPSA) is 24.5 Å². The quantitative estimate of drug-likeness (QED) is 0.783. The first-order valence-corrected chi connectivity index (χ1v) is 6.19. The molecule has 0 bridgehead atoms. The van der Waals surface area contributed by atoms with Crippen LogP contribution < -0.4 is 15.0 Å². The largest absolute Gasteiger partial charge is 0.490 e. The van der Waals surface area contributed by atoms with Crippen LogP contribution in [0.3, 0.4) is 0 Å². The van der Waals surface area contributed by atoms with Crippen molar-refractivity contribution in [2.75, 3.05) is 36.5 Å². The molecule has 2 aliphatic heterocycles. The van der Waals surface area contributed by atoms with Gasteiger partial charge in [0.1, 0.15) is 12.4 Å². The third-order valence-electron chi connectivity index (χ3n) is 3.36. The molecule has 0 unspecified atom stereocenters. The first kappa shape index (κ1) is 9.82. The van der Waals surface area contributed by atoms with Gasteiger partial charge in [0, 0.05) is 31.4 Å². The van der Waals surface area contributed by atoms with Crippen LogP contribution in [-0.2, 0) is 0 Å². The van der Waals surface area contributed by atoms with Crippen molar-refractivity contribution in [3.63, 3.8) is 0 Å². The highest BCUT2D eigenvalue weighted by atomic mass is 16.5. The summed E-state index contributed by atoms with van der Waals surface area (Å²) in [5.74, 6) is 1.01. The van der Waals surface area contributed by atoms with Crippen molar-refractivity contribution in [1.82, 2.24) is 0 Å². The molecule has 1 saturated heterocycles. The zero-order valence-corrected chi connectivity index (χ0v) is 9.54. The van der Waals surface area contributed by atoms with E-state index in [0.717, 1.165) is 24.6 Å². The molecule has 3 nitrogen and oxygen atoms in total. The van der Waals surface area contributed by atoms with E-state index < -0.39 is 0 Å². The van der Waals surface area contributed by atoms with Gasteiger partial charge in [0.25, 0.3) is 0 Å². The standard InChI is InChI=1S/C13H18N2O/c1-2-7-15(8-3-1)11-4-5-12-13(10-11)16-9-6-14-12/h4-5,10,14H,1-3,6-9H2. The maximum Gasteiger partial charge on any atom is 0.144 e. The minimum absolute atomic E-state index is 0.774. The van der Waals surface area contributed by atoms with Crippen molar-refractivity contribution >= 4 is 11.4 Å². The highest BCUT2D eigenvalue weighted by molar-refractivity contribution is 5.65. The summed E-state index contributed by atoms with van der Waals surface area (Å²) < 4.78 is 5.67. The Hall–Kier alpha value is -1.38. The summed E-state index contributed by atoms with van der Waals surface area (Å²) in [6.45, 7) is 4.06. The maximum absolute atomic E-state index is 5.67. The average molecular weight is 218 g/mol. The molecular weight excluding hydrogens is 200 g/mol. The van der Waals surface area contributed by atoms with Gasteiger partial charge in [0.2, 0.25) is 0 Å². The number of nitrogens with zero attached hydrogens (tertiary/aromatic N) is 1. The smallest absolute Gasteiger partial charge is 0.144 e. The third kappa shape index (κ3) is 1.82. The van der Waals surface area contributed by atoms with Gasteiger partial charge in [-0.05, 0) is 31.4 Å².